The molecule has 0 aliphatic rings. The number of halogens is 1. The summed E-state index contributed by atoms with van der Waals surface area (Å²) in [4.78, 5) is 22.7. The fourth-order valence-electron chi connectivity index (χ4n) is 2.66. The van der Waals surface area contributed by atoms with Crippen LogP contribution in [0.15, 0.2) is 71.6 Å². The highest BCUT2D eigenvalue weighted by Gasteiger charge is 2.19. The first-order chi connectivity index (χ1) is 14.2. The summed E-state index contributed by atoms with van der Waals surface area (Å²) in [6, 6.07) is 15.8. The summed E-state index contributed by atoms with van der Waals surface area (Å²) >= 11 is 5.82. The number of rotatable bonds is 6. The number of anilines is 2. The third kappa shape index (κ3) is 4.94. The Balaban J connectivity index is 1.86. The number of carbonyl (C=O) groups excluding carboxylic acids is 1. The van der Waals surface area contributed by atoms with Crippen LogP contribution in [0.4, 0.5) is 17.1 Å². The quantitative estimate of drug-likeness (QED) is 0.424. The van der Waals surface area contributed by atoms with Crippen molar-refractivity contribution in [2.75, 3.05) is 10.0 Å². The highest BCUT2D eigenvalue weighted by molar-refractivity contribution is 7.92. The number of sulfonamides is 1. The van der Waals surface area contributed by atoms with Gasteiger partial charge in [-0.3, -0.25) is 19.6 Å². The molecule has 154 valence electrons. The zero-order valence-corrected chi connectivity index (χ0v) is 17.2. The van der Waals surface area contributed by atoms with E-state index in [0.29, 0.717) is 16.3 Å². The van der Waals surface area contributed by atoms with E-state index in [9.17, 15) is 23.3 Å². The molecular weight excluding hydrogens is 430 g/mol. The minimum atomic E-state index is -3.93. The van der Waals surface area contributed by atoms with E-state index >= 15 is 0 Å². The molecule has 3 aromatic carbocycles. The van der Waals surface area contributed by atoms with Gasteiger partial charge in [0.05, 0.1) is 9.82 Å². The van der Waals surface area contributed by atoms with Gasteiger partial charge in [0, 0.05) is 34.1 Å². The first-order valence-electron chi connectivity index (χ1n) is 8.60. The summed E-state index contributed by atoms with van der Waals surface area (Å²) in [6.07, 6.45) is 0. The van der Waals surface area contributed by atoms with Crippen LogP contribution in [-0.2, 0) is 10.0 Å². The van der Waals surface area contributed by atoms with E-state index in [1.165, 1.54) is 36.4 Å². The number of non-ortho nitro benzene ring substituents is 1. The largest absolute Gasteiger partial charge is 0.322 e. The molecule has 0 aliphatic carbocycles. The lowest BCUT2D eigenvalue weighted by molar-refractivity contribution is -0.384. The molecule has 0 atom stereocenters. The molecule has 0 fully saturated rings. The molecule has 0 radical (unpaired) electrons. The Morgan fingerprint density at radius 3 is 2.33 bits per heavy atom. The van der Waals surface area contributed by atoms with Crippen molar-refractivity contribution in [3.05, 3.63) is 93.0 Å². The molecule has 0 aliphatic heterocycles. The first kappa shape index (κ1) is 21.3. The van der Waals surface area contributed by atoms with E-state index in [4.69, 9.17) is 11.6 Å². The van der Waals surface area contributed by atoms with Gasteiger partial charge in [-0.05, 0) is 55.0 Å². The highest BCUT2D eigenvalue weighted by atomic mass is 35.5. The van der Waals surface area contributed by atoms with Crippen molar-refractivity contribution < 1.29 is 18.1 Å². The van der Waals surface area contributed by atoms with E-state index in [1.54, 1.807) is 31.2 Å². The fraction of sp³-hybridized carbons (Fsp3) is 0.0500. The summed E-state index contributed by atoms with van der Waals surface area (Å²) in [6.45, 7) is 1.63. The summed E-state index contributed by atoms with van der Waals surface area (Å²) < 4.78 is 28.1. The molecular formula is C20H16ClN3O5S. The second kappa shape index (κ2) is 8.52. The lowest BCUT2D eigenvalue weighted by atomic mass is 10.1. The standard InChI is InChI=1S/C20H16ClN3O5S/c1-13-5-8-17(22-20(25)14-3-2-4-18(11-14)24(26)27)12-19(13)30(28,29)23-16-9-6-15(21)7-10-16/h2-12,23H,1H3,(H,22,25). The van der Waals surface area contributed by atoms with Gasteiger partial charge in [0.2, 0.25) is 0 Å². The number of nitro benzene ring substituents is 1. The van der Waals surface area contributed by atoms with Crippen molar-refractivity contribution in [3.63, 3.8) is 0 Å². The van der Waals surface area contributed by atoms with Gasteiger partial charge in [-0.2, -0.15) is 0 Å². The van der Waals surface area contributed by atoms with Gasteiger partial charge in [0.1, 0.15) is 0 Å². The SMILES string of the molecule is Cc1ccc(NC(=O)c2cccc([N+](=O)[O-])c2)cc1S(=O)(=O)Nc1ccc(Cl)cc1. The molecule has 8 nitrogen and oxygen atoms in total. The summed E-state index contributed by atoms with van der Waals surface area (Å²) in [5, 5.41) is 13.9. The lowest BCUT2D eigenvalue weighted by Gasteiger charge is -2.13. The molecule has 0 aromatic heterocycles. The Kier molecular flexibility index (Phi) is 6.04. The molecule has 30 heavy (non-hydrogen) atoms. The van der Waals surface area contributed by atoms with Crippen LogP contribution in [0.1, 0.15) is 15.9 Å². The van der Waals surface area contributed by atoms with Crippen LogP contribution in [0.25, 0.3) is 0 Å². The average Bonchev–Trinajstić information content (AvgIpc) is 2.71. The Labute approximate surface area is 177 Å². The molecule has 0 unspecified atom stereocenters. The van der Waals surface area contributed by atoms with E-state index in [0.717, 1.165) is 6.07 Å². The molecule has 10 heteroatoms. The molecule has 0 bridgehead atoms. The lowest BCUT2D eigenvalue weighted by Crippen LogP contribution is -2.16. The minimum absolute atomic E-state index is 0.0192. The number of nitrogens with zero attached hydrogens (tertiary/aromatic N) is 1. The van der Waals surface area contributed by atoms with Crippen LogP contribution in [-0.4, -0.2) is 19.2 Å². The Bertz CT molecular complexity index is 1230. The van der Waals surface area contributed by atoms with Crippen molar-refractivity contribution in [3.8, 4) is 0 Å². The summed E-state index contributed by atoms with van der Waals surface area (Å²) in [5.74, 6) is -0.600. The maximum Gasteiger partial charge on any atom is 0.270 e. The van der Waals surface area contributed by atoms with Crippen LogP contribution >= 0.6 is 11.6 Å². The monoisotopic (exact) mass is 445 g/mol. The number of amides is 1. The number of hydrogen-bond acceptors (Lipinski definition) is 5. The van der Waals surface area contributed by atoms with E-state index in [1.807, 2.05) is 0 Å². The molecule has 3 rings (SSSR count). The van der Waals surface area contributed by atoms with Gasteiger partial charge >= 0.3 is 0 Å². The molecule has 0 saturated heterocycles. The van der Waals surface area contributed by atoms with Crippen molar-refractivity contribution in [2.45, 2.75) is 11.8 Å². The van der Waals surface area contributed by atoms with Crippen LogP contribution in [0.5, 0.6) is 0 Å². The number of carbonyl (C=O) groups is 1. The third-order valence-corrected chi connectivity index (χ3v) is 5.93. The Morgan fingerprint density at radius 2 is 1.67 bits per heavy atom. The maximum atomic E-state index is 12.8. The second-order valence-corrected chi connectivity index (χ2v) is 8.44. The number of nitrogens with one attached hydrogen (secondary N) is 2. The predicted molar refractivity (Wildman–Crippen MR) is 114 cm³/mol. The number of benzene rings is 3. The van der Waals surface area contributed by atoms with E-state index < -0.39 is 20.9 Å². The van der Waals surface area contributed by atoms with Crippen molar-refractivity contribution >= 4 is 44.6 Å². The van der Waals surface area contributed by atoms with Gasteiger partial charge in [-0.15, -0.1) is 0 Å². The highest BCUT2D eigenvalue weighted by Crippen LogP contribution is 2.24. The normalized spacial score (nSPS) is 11.0. The average molecular weight is 446 g/mol. The second-order valence-electron chi connectivity index (χ2n) is 6.35. The summed E-state index contributed by atoms with van der Waals surface area (Å²) in [7, 11) is -3.93. The molecule has 0 saturated carbocycles. The van der Waals surface area contributed by atoms with E-state index in [2.05, 4.69) is 10.0 Å². The Morgan fingerprint density at radius 1 is 1.00 bits per heavy atom. The van der Waals surface area contributed by atoms with Crippen LogP contribution in [0.3, 0.4) is 0 Å². The maximum absolute atomic E-state index is 12.8. The van der Waals surface area contributed by atoms with Crippen molar-refractivity contribution in [2.24, 2.45) is 0 Å². The Hall–Kier alpha value is -3.43. The van der Waals surface area contributed by atoms with Gasteiger partial charge in [-0.25, -0.2) is 8.42 Å². The number of hydrogen-bond donors (Lipinski definition) is 2. The first-order valence-corrected chi connectivity index (χ1v) is 10.5. The number of nitro groups is 1. The smallest absolute Gasteiger partial charge is 0.270 e. The van der Waals surface area contributed by atoms with Gasteiger partial charge in [-0.1, -0.05) is 23.7 Å². The molecule has 0 heterocycles. The molecule has 0 spiro atoms. The van der Waals surface area contributed by atoms with Gasteiger partial charge in [0.15, 0.2) is 0 Å². The summed E-state index contributed by atoms with van der Waals surface area (Å²) in [5.41, 5.74) is 0.902. The van der Waals surface area contributed by atoms with Crippen molar-refractivity contribution in [1.29, 1.82) is 0 Å². The zero-order chi connectivity index (χ0) is 21.9. The minimum Gasteiger partial charge on any atom is -0.322 e. The predicted octanol–water partition coefficient (Wildman–Crippen LogP) is 4.61. The van der Waals surface area contributed by atoms with Gasteiger partial charge in [0.25, 0.3) is 21.6 Å². The molecule has 3 aromatic rings. The van der Waals surface area contributed by atoms with E-state index in [-0.39, 0.29) is 21.8 Å². The molecule has 2 N–H and O–H groups in total. The topological polar surface area (TPSA) is 118 Å². The number of aryl methyl sites for hydroxylation is 1. The van der Waals surface area contributed by atoms with Crippen LogP contribution in [0, 0.1) is 17.0 Å². The van der Waals surface area contributed by atoms with Crippen LogP contribution < -0.4 is 10.0 Å². The fourth-order valence-corrected chi connectivity index (χ4v) is 4.12. The van der Waals surface area contributed by atoms with Gasteiger partial charge < -0.3 is 5.32 Å². The van der Waals surface area contributed by atoms with Crippen molar-refractivity contribution in [1.82, 2.24) is 0 Å². The zero-order valence-electron chi connectivity index (χ0n) is 15.6. The molecule has 1 amide bonds. The third-order valence-electron chi connectivity index (χ3n) is 4.15. The van der Waals surface area contributed by atoms with Crippen LogP contribution in [0.2, 0.25) is 5.02 Å².